The quantitative estimate of drug-likeness (QED) is 0.846. The predicted molar refractivity (Wildman–Crippen MR) is 89.2 cm³/mol. The van der Waals surface area contributed by atoms with Crippen molar-refractivity contribution in [1.82, 2.24) is 9.62 Å². The highest BCUT2D eigenvalue weighted by molar-refractivity contribution is 7.89. The van der Waals surface area contributed by atoms with Gasteiger partial charge in [0, 0.05) is 17.8 Å². The van der Waals surface area contributed by atoms with Gasteiger partial charge in [-0.05, 0) is 38.1 Å². The molecule has 0 atom stereocenters. The number of carbonyl (C=O) groups excluding carboxylic acids is 2. The Hall–Kier alpha value is -2.87. The Bertz CT molecular complexity index is 974. The molecule has 0 radical (unpaired) electrons. The number of Topliss-reactive ketones (excluding diaryl/α,β-unsaturated/α-hetero) is 1. The van der Waals surface area contributed by atoms with Crippen LogP contribution in [-0.4, -0.2) is 31.0 Å². The Morgan fingerprint density at radius 1 is 1.20 bits per heavy atom. The van der Waals surface area contributed by atoms with Gasteiger partial charge in [-0.2, -0.15) is 0 Å². The Kier molecular flexibility index (Phi) is 4.22. The van der Waals surface area contributed by atoms with E-state index in [9.17, 15) is 18.0 Å². The van der Waals surface area contributed by atoms with Crippen LogP contribution in [0.4, 0.5) is 0 Å². The van der Waals surface area contributed by atoms with E-state index in [0.29, 0.717) is 0 Å². The predicted octanol–water partition coefficient (Wildman–Crippen LogP) is 2.15. The van der Waals surface area contributed by atoms with Crippen molar-refractivity contribution in [3.63, 3.8) is 0 Å². The molecule has 0 bridgehead atoms. The molecule has 2 aromatic rings. The molecule has 25 heavy (non-hydrogen) atoms. The minimum atomic E-state index is -3.87. The molecule has 8 heteroatoms. The van der Waals surface area contributed by atoms with E-state index in [1.165, 1.54) is 31.4 Å². The zero-order valence-corrected chi connectivity index (χ0v) is 14.5. The summed E-state index contributed by atoms with van der Waals surface area (Å²) in [7, 11) is -3.87. The van der Waals surface area contributed by atoms with Crippen molar-refractivity contribution in [1.29, 1.82) is 0 Å². The van der Waals surface area contributed by atoms with E-state index in [2.05, 4.69) is 5.32 Å². The summed E-state index contributed by atoms with van der Waals surface area (Å²) in [4.78, 5) is 25.0. The van der Waals surface area contributed by atoms with Crippen LogP contribution in [-0.2, 0) is 10.0 Å². The molecule has 0 unspecified atom stereocenters. The molecule has 0 aliphatic carbocycles. The number of likely N-dealkylation sites (N-methyl/N-ethyl adjacent to an activating group) is 1. The topological polar surface area (TPSA) is 96.7 Å². The maximum atomic E-state index is 12.8. The molecule has 1 aromatic heterocycles. The lowest BCUT2D eigenvalue weighted by atomic mass is 10.1. The van der Waals surface area contributed by atoms with Crippen LogP contribution >= 0.6 is 0 Å². The van der Waals surface area contributed by atoms with Crippen LogP contribution < -0.4 is 5.32 Å². The fourth-order valence-corrected chi connectivity index (χ4v) is 4.47. The third kappa shape index (κ3) is 2.74. The Morgan fingerprint density at radius 2 is 1.92 bits per heavy atom. The lowest BCUT2D eigenvalue weighted by Crippen LogP contribution is -2.41. The van der Waals surface area contributed by atoms with Gasteiger partial charge in [-0.1, -0.05) is 12.1 Å². The van der Waals surface area contributed by atoms with E-state index < -0.39 is 21.7 Å². The number of ketones is 1. The van der Waals surface area contributed by atoms with Crippen molar-refractivity contribution in [2.45, 2.75) is 18.7 Å². The molecule has 7 nitrogen and oxygen atoms in total. The Morgan fingerprint density at radius 3 is 2.56 bits per heavy atom. The SMILES string of the molecule is CCN1C(=C(C)NC(=O)c2ccco2)C(=O)c2ccccc2S1(=O)=O. The molecule has 3 rings (SSSR count). The lowest BCUT2D eigenvalue weighted by molar-refractivity contribution is 0.0936. The van der Waals surface area contributed by atoms with E-state index >= 15 is 0 Å². The highest BCUT2D eigenvalue weighted by Crippen LogP contribution is 2.32. The third-order valence-electron chi connectivity index (χ3n) is 3.85. The van der Waals surface area contributed by atoms with Crippen LogP contribution in [0.3, 0.4) is 0 Å². The lowest BCUT2D eigenvalue weighted by Gasteiger charge is -2.31. The van der Waals surface area contributed by atoms with Gasteiger partial charge in [0.05, 0.1) is 11.2 Å². The molecule has 0 saturated heterocycles. The number of amides is 1. The Labute approximate surface area is 145 Å². The van der Waals surface area contributed by atoms with E-state index in [4.69, 9.17) is 4.42 Å². The average molecular weight is 360 g/mol. The van der Waals surface area contributed by atoms with Gasteiger partial charge >= 0.3 is 0 Å². The number of hydrogen-bond donors (Lipinski definition) is 1. The molecule has 1 aliphatic rings. The van der Waals surface area contributed by atoms with Crippen LogP contribution in [0, 0.1) is 0 Å². The highest BCUT2D eigenvalue weighted by Gasteiger charge is 2.39. The van der Waals surface area contributed by atoms with Crippen molar-refractivity contribution < 1.29 is 22.4 Å². The molecule has 0 saturated carbocycles. The first-order valence-corrected chi connectivity index (χ1v) is 9.04. The van der Waals surface area contributed by atoms with Gasteiger partial charge in [0.2, 0.25) is 5.78 Å². The van der Waals surface area contributed by atoms with Crippen molar-refractivity contribution in [3.8, 4) is 0 Å². The minimum Gasteiger partial charge on any atom is -0.459 e. The summed E-state index contributed by atoms with van der Waals surface area (Å²) in [6, 6.07) is 9.06. The first-order valence-electron chi connectivity index (χ1n) is 7.60. The summed E-state index contributed by atoms with van der Waals surface area (Å²) < 4.78 is 31.7. The van der Waals surface area contributed by atoms with E-state index in [1.807, 2.05) is 0 Å². The molecule has 1 amide bonds. The second-order valence-corrected chi connectivity index (χ2v) is 7.23. The van der Waals surface area contributed by atoms with Crippen LogP contribution in [0.2, 0.25) is 0 Å². The molecular weight excluding hydrogens is 344 g/mol. The second-order valence-electron chi connectivity index (χ2n) is 5.40. The standard InChI is InChI=1S/C17H16N2O5S/c1-3-19-15(11(2)18-17(21)13-8-6-10-24-13)16(20)12-7-4-5-9-14(12)25(19,22)23/h4-10H,3H2,1-2H3,(H,18,21). The fraction of sp³-hybridized carbons (Fsp3) is 0.176. The fourth-order valence-electron chi connectivity index (χ4n) is 2.74. The van der Waals surface area contributed by atoms with Crippen molar-refractivity contribution in [2.75, 3.05) is 6.54 Å². The number of furan rings is 1. The summed E-state index contributed by atoms with van der Waals surface area (Å²) in [5.74, 6) is -0.950. The van der Waals surface area contributed by atoms with Gasteiger partial charge in [-0.15, -0.1) is 0 Å². The first-order chi connectivity index (χ1) is 11.9. The van der Waals surface area contributed by atoms with Crippen LogP contribution in [0.5, 0.6) is 0 Å². The largest absolute Gasteiger partial charge is 0.459 e. The summed E-state index contributed by atoms with van der Waals surface area (Å²) in [5.41, 5.74) is 0.168. The molecule has 1 N–H and O–H groups in total. The number of nitrogens with one attached hydrogen (secondary N) is 1. The van der Waals surface area contributed by atoms with Crippen molar-refractivity contribution in [2.24, 2.45) is 0 Å². The summed E-state index contributed by atoms with van der Waals surface area (Å²) in [6.07, 6.45) is 1.35. The molecule has 1 aliphatic heterocycles. The maximum Gasteiger partial charge on any atom is 0.291 e. The zero-order chi connectivity index (χ0) is 18.2. The number of benzene rings is 1. The number of sulfonamides is 1. The van der Waals surface area contributed by atoms with E-state index in [0.717, 1.165) is 4.31 Å². The van der Waals surface area contributed by atoms with E-state index in [1.54, 1.807) is 25.1 Å². The maximum absolute atomic E-state index is 12.8. The number of allylic oxidation sites excluding steroid dienone is 2. The molecule has 2 heterocycles. The normalized spacial score (nSPS) is 17.8. The minimum absolute atomic E-state index is 0.0317. The number of hydrogen-bond acceptors (Lipinski definition) is 5. The van der Waals surface area contributed by atoms with Gasteiger partial charge in [-0.3, -0.25) is 13.9 Å². The summed E-state index contributed by atoms with van der Waals surface area (Å²) in [5, 5.41) is 2.54. The van der Waals surface area contributed by atoms with Gasteiger partial charge in [0.25, 0.3) is 15.9 Å². The number of fused-ring (bicyclic) bond motifs is 1. The second kappa shape index (κ2) is 6.21. The molecule has 0 fully saturated rings. The smallest absolute Gasteiger partial charge is 0.291 e. The molecule has 130 valence electrons. The van der Waals surface area contributed by atoms with Crippen molar-refractivity contribution in [3.05, 3.63) is 65.4 Å². The summed E-state index contributed by atoms with van der Waals surface area (Å²) in [6.45, 7) is 3.17. The van der Waals surface area contributed by atoms with Crippen LogP contribution in [0.15, 0.2) is 63.4 Å². The number of carbonyl (C=O) groups is 2. The van der Waals surface area contributed by atoms with Gasteiger partial charge < -0.3 is 9.73 Å². The average Bonchev–Trinajstić information content (AvgIpc) is 3.12. The highest BCUT2D eigenvalue weighted by atomic mass is 32.2. The number of rotatable bonds is 3. The van der Waals surface area contributed by atoms with E-state index in [-0.39, 0.29) is 34.2 Å². The third-order valence-corrected chi connectivity index (χ3v) is 5.79. The van der Waals surface area contributed by atoms with Gasteiger partial charge in [0.15, 0.2) is 5.76 Å². The summed E-state index contributed by atoms with van der Waals surface area (Å²) >= 11 is 0. The number of nitrogens with zero attached hydrogens (tertiary/aromatic N) is 1. The first kappa shape index (κ1) is 17.0. The van der Waals surface area contributed by atoms with Crippen molar-refractivity contribution >= 4 is 21.7 Å². The zero-order valence-electron chi connectivity index (χ0n) is 13.6. The Balaban J connectivity index is 2.11. The van der Waals surface area contributed by atoms with Gasteiger partial charge in [-0.25, -0.2) is 8.42 Å². The van der Waals surface area contributed by atoms with Crippen LogP contribution in [0.25, 0.3) is 0 Å². The molecule has 0 spiro atoms. The molecular formula is C17H16N2O5S. The molecule has 1 aromatic carbocycles. The monoisotopic (exact) mass is 360 g/mol. The van der Waals surface area contributed by atoms with Gasteiger partial charge in [0.1, 0.15) is 5.70 Å². The van der Waals surface area contributed by atoms with Crippen LogP contribution in [0.1, 0.15) is 34.8 Å².